The van der Waals surface area contributed by atoms with Gasteiger partial charge in [0.15, 0.2) is 6.23 Å². The van der Waals surface area contributed by atoms with Gasteiger partial charge in [0.1, 0.15) is 24.4 Å². The summed E-state index contributed by atoms with van der Waals surface area (Å²) in [4.78, 5) is 11.5. The van der Waals surface area contributed by atoms with E-state index in [0.29, 0.717) is 0 Å². The van der Waals surface area contributed by atoms with Crippen LogP contribution >= 0.6 is 0 Å². The fraction of sp³-hybridized carbons (Fsp3) is 0.909. The van der Waals surface area contributed by atoms with Crippen molar-refractivity contribution in [3.63, 3.8) is 0 Å². The fourth-order valence-electron chi connectivity index (χ4n) is 1.81. The van der Waals surface area contributed by atoms with E-state index in [2.05, 4.69) is 5.32 Å². The topological polar surface area (TPSA) is 119 Å². The highest BCUT2D eigenvalue weighted by atomic mass is 16.6. The summed E-state index contributed by atoms with van der Waals surface area (Å²) in [6.07, 6.45) is -6.20. The van der Waals surface area contributed by atoms with Crippen LogP contribution in [-0.2, 0) is 9.53 Å². The molecule has 1 amide bonds. The predicted molar refractivity (Wildman–Crippen MR) is 61.4 cm³/mol. The summed E-state index contributed by atoms with van der Waals surface area (Å²) in [5.74, 6) is -0.177. The first-order valence-electron chi connectivity index (χ1n) is 5.96. The molecule has 5 N–H and O–H groups in total. The quantitative estimate of drug-likeness (QED) is 0.398. The second kappa shape index (κ2) is 6.44. The molecule has 0 radical (unpaired) electrons. The van der Waals surface area contributed by atoms with E-state index in [-0.39, 0.29) is 18.2 Å². The Morgan fingerprint density at radius 2 is 1.83 bits per heavy atom. The number of aliphatic hydroxyl groups excluding tert-OH is 4. The summed E-state index contributed by atoms with van der Waals surface area (Å²) >= 11 is 0. The van der Waals surface area contributed by atoms with Crippen molar-refractivity contribution in [1.29, 1.82) is 0 Å². The van der Waals surface area contributed by atoms with Crippen LogP contribution < -0.4 is 5.32 Å². The van der Waals surface area contributed by atoms with Gasteiger partial charge in [-0.1, -0.05) is 13.8 Å². The van der Waals surface area contributed by atoms with Crippen molar-refractivity contribution in [3.05, 3.63) is 0 Å². The lowest BCUT2D eigenvalue weighted by atomic mass is 9.98. The Bertz CT molecular complexity index is 283. The van der Waals surface area contributed by atoms with E-state index in [0.717, 1.165) is 0 Å². The standard InChI is InChI=1S/C11H21NO6/c1-5(2)3-7(14)12-11-10(17)9(16)8(15)6(4-13)18-11/h5-6,8-11,13,15-17H,3-4H2,1-2H3,(H,12,14)/t6?,8-,9+,10?,11?/m1/s1. The molecular formula is C11H21NO6. The summed E-state index contributed by atoms with van der Waals surface area (Å²) in [5, 5.41) is 40.1. The molecule has 106 valence electrons. The molecule has 1 saturated heterocycles. The number of amides is 1. The van der Waals surface area contributed by atoms with Crippen LogP contribution in [0, 0.1) is 5.92 Å². The van der Waals surface area contributed by atoms with Gasteiger partial charge in [-0.25, -0.2) is 0 Å². The summed E-state index contributed by atoms with van der Waals surface area (Å²) in [6, 6.07) is 0. The van der Waals surface area contributed by atoms with Crippen molar-refractivity contribution in [2.45, 2.75) is 50.9 Å². The Balaban J connectivity index is 2.61. The van der Waals surface area contributed by atoms with E-state index in [9.17, 15) is 20.1 Å². The zero-order valence-electron chi connectivity index (χ0n) is 10.5. The smallest absolute Gasteiger partial charge is 0.222 e. The average molecular weight is 263 g/mol. The maximum atomic E-state index is 11.5. The van der Waals surface area contributed by atoms with E-state index < -0.39 is 37.3 Å². The van der Waals surface area contributed by atoms with Gasteiger partial charge < -0.3 is 30.5 Å². The first-order chi connectivity index (χ1) is 8.36. The lowest BCUT2D eigenvalue weighted by molar-refractivity contribution is -0.236. The molecule has 0 saturated carbocycles. The maximum Gasteiger partial charge on any atom is 0.222 e. The highest BCUT2D eigenvalue weighted by Crippen LogP contribution is 2.19. The lowest BCUT2D eigenvalue weighted by Gasteiger charge is -2.40. The molecule has 0 spiro atoms. The van der Waals surface area contributed by atoms with Crippen LogP contribution in [0.25, 0.3) is 0 Å². The average Bonchev–Trinajstić information content (AvgIpc) is 2.29. The van der Waals surface area contributed by atoms with Crippen LogP contribution in [0.3, 0.4) is 0 Å². The molecule has 18 heavy (non-hydrogen) atoms. The van der Waals surface area contributed by atoms with Gasteiger partial charge in [-0.15, -0.1) is 0 Å². The first kappa shape index (κ1) is 15.3. The Hall–Kier alpha value is -0.730. The van der Waals surface area contributed by atoms with E-state index in [1.54, 1.807) is 0 Å². The van der Waals surface area contributed by atoms with Gasteiger partial charge in [-0.2, -0.15) is 0 Å². The third-order valence-corrected chi connectivity index (χ3v) is 2.79. The highest BCUT2D eigenvalue weighted by Gasteiger charge is 2.43. The van der Waals surface area contributed by atoms with Crippen LogP contribution in [0.2, 0.25) is 0 Å². The Labute approximate surface area is 105 Å². The second-order valence-electron chi connectivity index (χ2n) is 4.91. The molecule has 3 unspecified atom stereocenters. The van der Waals surface area contributed by atoms with E-state index >= 15 is 0 Å². The monoisotopic (exact) mass is 263 g/mol. The van der Waals surface area contributed by atoms with Gasteiger partial charge in [0, 0.05) is 6.42 Å². The zero-order chi connectivity index (χ0) is 13.9. The van der Waals surface area contributed by atoms with Gasteiger partial charge in [-0.05, 0) is 5.92 Å². The number of nitrogens with one attached hydrogen (secondary N) is 1. The third-order valence-electron chi connectivity index (χ3n) is 2.79. The van der Waals surface area contributed by atoms with Crippen molar-refractivity contribution in [1.82, 2.24) is 5.32 Å². The summed E-state index contributed by atoms with van der Waals surface area (Å²) in [5.41, 5.74) is 0. The van der Waals surface area contributed by atoms with Gasteiger partial charge in [-0.3, -0.25) is 4.79 Å². The van der Waals surface area contributed by atoms with Crippen molar-refractivity contribution in [2.24, 2.45) is 5.92 Å². The van der Waals surface area contributed by atoms with Crippen LogP contribution in [0.4, 0.5) is 0 Å². The van der Waals surface area contributed by atoms with Crippen LogP contribution in [0.15, 0.2) is 0 Å². The number of hydrogen-bond acceptors (Lipinski definition) is 6. The van der Waals surface area contributed by atoms with Crippen molar-refractivity contribution >= 4 is 5.91 Å². The van der Waals surface area contributed by atoms with E-state index in [1.807, 2.05) is 13.8 Å². The van der Waals surface area contributed by atoms with Gasteiger partial charge >= 0.3 is 0 Å². The number of carbonyl (C=O) groups is 1. The predicted octanol–water partition coefficient (Wildman–Crippen LogP) is -2.05. The Morgan fingerprint density at radius 3 is 2.33 bits per heavy atom. The maximum absolute atomic E-state index is 11.5. The van der Waals surface area contributed by atoms with Crippen molar-refractivity contribution in [2.75, 3.05) is 6.61 Å². The molecular weight excluding hydrogens is 242 g/mol. The molecule has 0 bridgehead atoms. The minimum Gasteiger partial charge on any atom is -0.394 e. The number of aliphatic hydroxyl groups is 4. The van der Waals surface area contributed by atoms with Crippen molar-refractivity contribution in [3.8, 4) is 0 Å². The second-order valence-corrected chi connectivity index (χ2v) is 4.91. The molecule has 7 nitrogen and oxygen atoms in total. The molecule has 7 heteroatoms. The first-order valence-corrected chi connectivity index (χ1v) is 5.96. The fourth-order valence-corrected chi connectivity index (χ4v) is 1.81. The summed E-state index contributed by atoms with van der Waals surface area (Å²) < 4.78 is 5.14. The SMILES string of the molecule is CC(C)CC(=O)NC1OC(CO)[C@@H](O)[C@H](O)C1O. The molecule has 1 fully saturated rings. The normalized spacial score (nSPS) is 36.7. The number of rotatable bonds is 4. The molecule has 0 aromatic rings. The number of carbonyl (C=O) groups excluding carboxylic acids is 1. The van der Waals surface area contributed by atoms with E-state index in [4.69, 9.17) is 9.84 Å². The van der Waals surface area contributed by atoms with Gasteiger partial charge in [0.2, 0.25) is 5.91 Å². The molecule has 0 aromatic carbocycles. The minimum absolute atomic E-state index is 0.148. The molecule has 1 rings (SSSR count). The van der Waals surface area contributed by atoms with Crippen LogP contribution in [-0.4, -0.2) is 63.6 Å². The van der Waals surface area contributed by atoms with Crippen molar-refractivity contribution < 1.29 is 30.0 Å². The van der Waals surface area contributed by atoms with Gasteiger partial charge in [0.25, 0.3) is 0 Å². The molecule has 1 heterocycles. The summed E-state index contributed by atoms with van der Waals surface area (Å²) in [6.45, 7) is 3.22. The summed E-state index contributed by atoms with van der Waals surface area (Å²) in [7, 11) is 0. The lowest BCUT2D eigenvalue weighted by Crippen LogP contribution is -2.63. The molecule has 0 aromatic heterocycles. The largest absolute Gasteiger partial charge is 0.394 e. The Kier molecular flexibility index (Phi) is 5.48. The molecule has 0 aliphatic carbocycles. The number of ether oxygens (including phenoxy) is 1. The molecule has 5 atom stereocenters. The minimum atomic E-state index is -1.47. The zero-order valence-corrected chi connectivity index (χ0v) is 10.5. The van der Waals surface area contributed by atoms with Crippen LogP contribution in [0.1, 0.15) is 20.3 Å². The van der Waals surface area contributed by atoms with Gasteiger partial charge in [0.05, 0.1) is 6.61 Å². The molecule has 1 aliphatic heterocycles. The number of hydrogen-bond donors (Lipinski definition) is 5. The third kappa shape index (κ3) is 3.63. The molecule has 1 aliphatic rings. The van der Waals surface area contributed by atoms with E-state index in [1.165, 1.54) is 0 Å². The van der Waals surface area contributed by atoms with Crippen LogP contribution in [0.5, 0.6) is 0 Å². The Morgan fingerprint density at radius 1 is 1.22 bits per heavy atom. The highest BCUT2D eigenvalue weighted by molar-refractivity contribution is 5.76.